The first-order chi connectivity index (χ1) is 6.13. The van der Waals surface area contributed by atoms with E-state index in [0.717, 1.165) is 0 Å². The average Bonchev–Trinajstić information content (AvgIpc) is 2.52. The van der Waals surface area contributed by atoms with E-state index in [0.29, 0.717) is 11.6 Å². The molecule has 1 heterocycles. The van der Waals surface area contributed by atoms with Crippen LogP contribution in [-0.4, -0.2) is 16.1 Å². The first-order valence-electron chi connectivity index (χ1n) is 3.69. The molecule has 0 unspecified atom stereocenters. The van der Waals surface area contributed by atoms with E-state index in [1.165, 1.54) is 19.3 Å². The lowest BCUT2D eigenvalue weighted by Crippen LogP contribution is -1.97. The van der Waals surface area contributed by atoms with E-state index in [2.05, 4.69) is 4.98 Å². The molecule has 0 atom stereocenters. The molecule has 5 nitrogen and oxygen atoms in total. The highest BCUT2D eigenvalue weighted by Crippen LogP contribution is 2.06. The Bertz CT molecular complexity index is 341. The molecule has 0 bridgehead atoms. The first kappa shape index (κ1) is 9.47. The molecule has 0 aromatic carbocycles. The third kappa shape index (κ3) is 2.41. The van der Waals surface area contributed by atoms with Gasteiger partial charge >= 0.3 is 5.97 Å². The average molecular weight is 182 g/mol. The van der Waals surface area contributed by atoms with Crippen LogP contribution < -0.4 is 5.73 Å². The number of oxazole rings is 1. The number of nitrogens with zero attached hydrogens (tertiary/aromatic N) is 1. The van der Waals surface area contributed by atoms with Gasteiger partial charge in [-0.1, -0.05) is 0 Å². The highest BCUT2D eigenvalue weighted by Gasteiger charge is 2.03. The van der Waals surface area contributed by atoms with Crippen LogP contribution >= 0.6 is 0 Å². The summed E-state index contributed by atoms with van der Waals surface area (Å²) in [6.07, 6.45) is 2.79. The van der Waals surface area contributed by atoms with Crippen LogP contribution in [0.15, 0.2) is 16.3 Å². The summed E-state index contributed by atoms with van der Waals surface area (Å²) in [5.74, 6) is -0.582. The van der Waals surface area contributed by atoms with Crippen molar-refractivity contribution < 1.29 is 14.3 Å². The Balaban J connectivity index is 2.84. The minimum Gasteiger partial charge on any atom is -0.478 e. The van der Waals surface area contributed by atoms with E-state index in [4.69, 9.17) is 15.3 Å². The topological polar surface area (TPSA) is 89.4 Å². The lowest BCUT2D eigenvalue weighted by atomic mass is 10.2. The monoisotopic (exact) mass is 182 g/mol. The van der Waals surface area contributed by atoms with Crippen LogP contribution in [0.4, 0.5) is 0 Å². The zero-order chi connectivity index (χ0) is 9.84. The van der Waals surface area contributed by atoms with Crippen LogP contribution in [0.3, 0.4) is 0 Å². The van der Waals surface area contributed by atoms with Gasteiger partial charge in [0.15, 0.2) is 0 Å². The van der Waals surface area contributed by atoms with Crippen LogP contribution in [0.5, 0.6) is 0 Å². The van der Waals surface area contributed by atoms with Gasteiger partial charge in [0, 0.05) is 5.57 Å². The Morgan fingerprint density at radius 1 is 1.85 bits per heavy atom. The SMILES string of the molecule is C/C(=C\c1coc(CN)n1)C(=O)O. The zero-order valence-corrected chi connectivity index (χ0v) is 7.15. The number of hydrogen-bond donors (Lipinski definition) is 2. The molecule has 0 amide bonds. The van der Waals surface area contributed by atoms with Crippen molar-refractivity contribution in [3.05, 3.63) is 23.4 Å². The number of hydrogen-bond acceptors (Lipinski definition) is 4. The summed E-state index contributed by atoms with van der Waals surface area (Å²) in [5, 5.41) is 8.56. The lowest BCUT2D eigenvalue weighted by molar-refractivity contribution is -0.132. The van der Waals surface area contributed by atoms with Crippen LogP contribution in [0.25, 0.3) is 6.08 Å². The van der Waals surface area contributed by atoms with Gasteiger partial charge in [-0.2, -0.15) is 0 Å². The fourth-order valence-corrected chi connectivity index (χ4v) is 0.769. The smallest absolute Gasteiger partial charge is 0.331 e. The molecule has 1 rings (SSSR count). The summed E-state index contributed by atoms with van der Waals surface area (Å²) >= 11 is 0. The first-order valence-corrected chi connectivity index (χ1v) is 3.69. The summed E-state index contributed by atoms with van der Waals surface area (Å²) in [7, 11) is 0. The van der Waals surface area contributed by atoms with Gasteiger partial charge in [-0.15, -0.1) is 0 Å². The molecule has 5 heteroatoms. The van der Waals surface area contributed by atoms with Crippen molar-refractivity contribution in [3.63, 3.8) is 0 Å². The summed E-state index contributed by atoms with van der Waals surface area (Å²) in [6, 6.07) is 0. The maximum atomic E-state index is 10.4. The number of carboxylic acid groups (broad SMARTS) is 1. The van der Waals surface area contributed by atoms with Crippen LogP contribution in [0.2, 0.25) is 0 Å². The van der Waals surface area contributed by atoms with Crippen LogP contribution in [-0.2, 0) is 11.3 Å². The minimum atomic E-state index is -0.975. The van der Waals surface area contributed by atoms with E-state index < -0.39 is 5.97 Å². The van der Waals surface area contributed by atoms with Gasteiger partial charge in [0.2, 0.25) is 5.89 Å². The Kier molecular flexibility index (Phi) is 2.81. The van der Waals surface area contributed by atoms with Gasteiger partial charge in [0.25, 0.3) is 0 Å². The molecule has 13 heavy (non-hydrogen) atoms. The second kappa shape index (κ2) is 3.86. The lowest BCUT2D eigenvalue weighted by Gasteiger charge is -1.88. The van der Waals surface area contributed by atoms with Crippen LogP contribution in [0.1, 0.15) is 18.5 Å². The molecule has 0 fully saturated rings. The van der Waals surface area contributed by atoms with Gasteiger partial charge < -0.3 is 15.3 Å². The highest BCUT2D eigenvalue weighted by atomic mass is 16.4. The molecule has 1 aromatic rings. The van der Waals surface area contributed by atoms with Crippen molar-refractivity contribution in [2.24, 2.45) is 5.73 Å². The Morgan fingerprint density at radius 2 is 2.54 bits per heavy atom. The van der Waals surface area contributed by atoms with Crippen molar-refractivity contribution in [2.45, 2.75) is 13.5 Å². The standard InChI is InChI=1S/C8H10N2O3/c1-5(8(11)12)2-6-4-13-7(3-9)10-6/h2,4H,3,9H2,1H3,(H,11,12)/b5-2+. The summed E-state index contributed by atoms with van der Waals surface area (Å²) in [6.45, 7) is 1.69. The van der Waals surface area contributed by atoms with E-state index in [-0.39, 0.29) is 12.1 Å². The van der Waals surface area contributed by atoms with E-state index in [9.17, 15) is 4.79 Å². The number of nitrogens with two attached hydrogens (primary N) is 1. The fraction of sp³-hybridized carbons (Fsp3) is 0.250. The largest absolute Gasteiger partial charge is 0.478 e. The van der Waals surface area contributed by atoms with E-state index >= 15 is 0 Å². The van der Waals surface area contributed by atoms with Gasteiger partial charge in [0.1, 0.15) is 12.0 Å². The maximum absolute atomic E-state index is 10.4. The predicted molar refractivity (Wildman–Crippen MR) is 45.7 cm³/mol. The van der Waals surface area contributed by atoms with Crippen molar-refractivity contribution in [2.75, 3.05) is 0 Å². The number of carboxylic acids is 1. The maximum Gasteiger partial charge on any atom is 0.331 e. The molecule has 0 saturated carbocycles. The Morgan fingerprint density at radius 3 is 3.00 bits per heavy atom. The van der Waals surface area contributed by atoms with E-state index in [1.54, 1.807) is 0 Å². The molecule has 3 N–H and O–H groups in total. The second-order valence-electron chi connectivity index (χ2n) is 2.50. The van der Waals surface area contributed by atoms with Crippen molar-refractivity contribution >= 4 is 12.0 Å². The molecular weight excluding hydrogens is 172 g/mol. The second-order valence-corrected chi connectivity index (χ2v) is 2.50. The van der Waals surface area contributed by atoms with Gasteiger partial charge in [-0.05, 0) is 13.0 Å². The summed E-state index contributed by atoms with van der Waals surface area (Å²) in [4.78, 5) is 14.3. The Labute approximate surface area is 74.9 Å². The van der Waals surface area contributed by atoms with Crippen molar-refractivity contribution in [1.82, 2.24) is 4.98 Å². The molecule has 0 spiro atoms. The zero-order valence-electron chi connectivity index (χ0n) is 7.15. The number of aromatic nitrogens is 1. The third-order valence-electron chi connectivity index (χ3n) is 1.45. The van der Waals surface area contributed by atoms with Crippen molar-refractivity contribution in [1.29, 1.82) is 0 Å². The Hall–Kier alpha value is -1.62. The van der Waals surface area contributed by atoms with Crippen molar-refractivity contribution in [3.8, 4) is 0 Å². The van der Waals surface area contributed by atoms with Gasteiger partial charge in [-0.3, -0.25) is 0 Å². The molecule has 70 valence electrons. The third-order valence-corrected chi connectivity index (χ3v) is 1.45. The predicted octanol–water partition coefficient (Wildman–Crippen LogP) is 0.621. The molecule has 0 radical (unpaired) electrons. The molecule has 0 saturated heterocycles. The highest BCUT2D eigenvalue weighted by molar-refractivity contribution is 5.90. The summed E-state index contributed by atoms with van der Waals surface area (Å²) < 4.78 is 4.92. The number of rotatable bonds is 3. The number of carbonyl (C=O) groups is 1. The normalized spacial score (nSPS) is 11.7. The molecule has 0 aliphatic carbocycles. The minimum absolute atomic E-state index is 0.205. The number of aliphatic carboxylic acids is 1. The molecule has 0 aliphatic heterocycles. The van der Waals surface area contributed by atoms with Gasteiger partial charge in [0.05, 0.1) is 6.54 Å². The fourth-order valence-electron chi connectivity index (χ4n) is 0.769. The summed E-state index contributed by atoms with van der Waals surface area (Å²) in [5.41, 5.74) is 5.94. The molecular formula is C8H10N2O3. The quantitative estimate of drug-likeness (QED) is 0.669. The molecule has 0 aliphatic rings. The van der Waals surface area contributed by atoms with Gasteiger partial charge in [-0.25, -0.2) is 9.78 Å². The van der Waals surface area contributed by atoms with Crippen LogP contribution in [0, 0.1) is 0 Å². The molecule has 1 aromatic heterocycles. The van der Waals surface area contributed by atoms with E-state index in [1.807, 2.05) is 0 Å².